The highest BCUT2D eigenvalue weighted by atomic mass is 16.5. The number of benzene rings is 1. The molecule has 3 rings (SSSR count). The van der Waals surface area contributed by atoms with Gasteiger partial charge in [0.25, 0.3) is 5.91 Å². The molecule has 0 N–H and O–H groups in total. The summed E-state index contributed by atoms with van der Waals surface area (Å²) in [6.45, 7) is 2.45. The topological polar surface area (TPSA) is 51.5 Å². The van der Waals surface area contributed by atoms with Crippen molar-refractivity contribution in [2.75, 3.05) is 13.2 Å². The van der Waals surface area contributed by atoms with E-state index >= 15 is 0 Å². The van der Waals surface area contributed by atoms with Gasteiger partial charge in [-0.25, -0.2) is 4.79 Å². The maximum absolute atomic E-state index is 12.5. The lowest BCUT2D eigenvalue weighted by molar-refractivity contribution is -0.137. The van der Waals surface area contributed by atoms with Crippen molar-refractivity contribution in [3.8, 4) is 5.69 Å². The van der Waals surface area contributed by atoms with E-state index in [4.69, 9.17) is 4.74 Å². The normalized spacial score (nSPS) is 14.8. The summed E-state index contributed by atoms with van der Waals surface area (Å²) in [6, 6.07) is 11.3. The van der Waals surface area contributed by atoms with E-state index in [1.807, 2.05) is 53.0 Å². The Morgan fingerprint density at radius 1 is 1.08 bits per heavy atom. The number of aromatic nitrogens is 1. The van der Waals surface area contributed by atoms with Gasteiger partial charge in [-0.2, -0.15) is 0 Å². The summed E-state index contributed by atoms with van der Waals surface area (Å²) in [5.74, 6) is -0.561. The summed E-state index contributed by atoms with van der Waals surface area (Å²) < 4.78 is 7.22. The molecule has 0 spiro atoms. The molecule has 26 heavy (non-hydrogen) atoms. The summed E-state index contributed by atoms with van der Waals surface area (Å²) >= 11 is 0. The Kier molecular flexibility index (Phi) is 6.10. The van der Waals surface area contributed by atoms with Gasteiger partial charge in [0.1, 0.15) is 0 Å². The first-order chi connectivity index (χ1) is 12.7. The molecule has 0 saturated heterocycles. The number of esters is 1. The number of carbonyl (C=O) groups excluding carboxylic acids is 2. The number of likely N-dealkylation sites (N-methyl/N-ethyl adjacent to an activating group) is 1. The molecule has 1 fully saturated rings. The molecule has 1 heterocycles. The summed E-state index contributed by atoms with van der Waals surface area (Å²) in [5.41, 5.74) is 1.42. The number of carbonyl (C=O) groups is 2. The van der Waals surface area contributed by atoms with Gasteiger partial charge in [-0.15, -0.1) is 0 Å². The lowest BCUT2D eigenvalue weighted by atomic mass is 9.94. The Bertz CT molecular complexity index is 716. The molecule has 1 amide bonds. The number of nitrogens with zero attached hydrogens (tertiary/aromatic N) is 2. The van der Waals surface area contributed by atoms with Crippen LogP contribution < -0.4 is 0 Å². The van der Waals surface area contributed by atoms with Crippen LogP contribution in [0.15, 0.2) is 48.8 Å². The standard InChI is InChI=1S/C21H26N2O3/c1-2-23(19-8-4-3-5-9-19)20(24)16-26-21(25)17-10-12-18(13-11-17)22-14-6-7-15-22/h6-7,10-15,19H,2-5,8-9,16H2,1H3. The van der Waals surface area contributed by atoms with E-state index in [0.29, 0.717) is 18.2 Å². The SMILES string of the molecule is CCN(C(=O)COC(=O)c1ccc(-n2cccc2)cc1)C1CCCCC1. The Balaban J connectivity index is 1.55. The van der Waals surface area contributed by atoms with E-state index in [-0.39, 0.29) is 12.5 Å². The van der Waals surface area contributed by atoms with Crippen LogP contribution in [0.4, 0.5) is 0 Å². The highest BCUT2D eigenvalue weighted by Gasteiger charge is 2.24. The second-order valence-electron chi connectivity index (χ2n) is 6.68. The first-order valence-electron chi connectivity index (χ1n) is 9.39. The van der Waals surface area contributed by atoms with Crippen molar-refractivity contribution < 1.29 is 14.3 Å². The third kappa shape index (κ3) is 4.34. The molecule has 1 aliphatic carbocycles. The molecule has 5 heteroatoms. The second-order valence-corrected chi connectivity index (χ2v) is 6.68. The predicted molar refractivity (Wildman–Crippen MR) is 100 cm³/mol. The van der Waals surface area contributed by atoms with Gasteiger partial charge in [0, 0.05) is 30.7 Å². The zero-order valence-electron chi connectivity index (χ0n) is 15.3. The lowest BCUT2D eigenvalue weighted by Gasteiger charge is -2.33. The summed E-state index contributed by atoms with van der Waals surface area (Å²) in [4.78, 5) is 26.6. The molecule has 0 aliphatic heterocycles. The largest absolute Gasteiger partial charge is 0.452 e. The van der Waals surface area contributed by atoms with Crippen LogP contribution in [0.3, 0.4) is 0 Å². The first kappa shape index (κ1) is 18.2. The number of hydrogen-bond donors (Lipinski definition) is 0. The predicted octanol–water partition coefficient (Wildman–Crippen LogP) is 3.82. The van der Waals surface area contributed by atoms with Crippen LogP contribution in [0.2, 0.25) is 0 Å². The van der Waals surface area contributed by atoms with Crippen LogP contribution in [-0.4, -0.2) is 40.5 Å². The van der Waals surface area contributed by atoms with Crippen LogP contribution in [-0.2, 0) is 9.53 Å². The molecule has 0 atom stereocenters. The van der Waals surface area contributed by atoms with Crippen molar-refractivity contribution >= 4 is 11.9 Å². The van der Waals surface area contributed by atoms with Crippen molar-refractivity contribution in [1.82, 2.24) is 9.47 Å². The van der Waals surface area contributed by atoms with Gasteiger partial charge >= 0.3 is 5.97 Å². The number of hydrogen-bond acceptors (Lipinski definition) is 3. The summed E-state index contributed by atoms with van der Waals surface area (Å²) in [5, 5.41) is 0. The van der Waals surface area contributed by atoms with E-state index in [0.717, 1.165) is 18.5 Å². The monoisotopic (exact) mass is 354 g/mol. The van der Waals surface area contributed by atoms with Crippen LogP contribution >= 0.6 is 0 Å². The molecular weight excluding hydrogens is 328 g/mol. The highest BCUT2D eigenvalue weighted by molar-refractivity contribution is 5.91. The van der Waals surface area contributed by atoms with Crippen LogP contribution in [0.1, 0.15) is 49.4 Å². The molecule has 0 unspecified atom stereocenters. The van der Waals surface area contributed by atoms with Crippen molar-refractivity contribution in [2.45, 2.75) is 45.1 Å². The fourth-order valence-electron chi connectivity index (χ4n) is 3.60. The molecule has 1 aliphatic rings. The van der Waals surface area contributed by atoms with E-state index in [9.17, 15) is 9.59 Å². The van der Waals surface area contributed by atoms with Gasteiger partial charge in [-0.3, -0.25) is 4.79 Å². The minimum absolute atomic E-state index is 0.100. The van der Waals surface area contributed by atoms with Crippen LogP contribution in [0.25, 0.3) is 5.69 Å². The minimum Gasteiger partial charge on any atom is -0.452 e. The highest BCUT2D eigenvalue weighted by Crippen LogP contribution is 2.22. The van der Waals surface area contributed by atoms with Crippen molar-refractivity contribution in [1.29, 1.82) is 0 Å². The summed E-state index contributed by atoms with van der Waals surface area (Å²) in [6.07, 6.45) is 9.57. The van der Waals surface area contributed by atoms with Gasteiger partial charge in [0.2, 0.25) is 0 Å². The molecule has 1 aromatic carbocycles. The second kappa shape index (κ2) is 8.70. The van der Waals surface area contributed by atoms with Crippen molar-refractivity contribution in [2.24, 2.45) is 0 Å². The quantitative estimate of drug-likeness (QED) is 0.741. The number of amides is 1. The van der Waals surface area contributed by atoms with E-state index < -0.39 is 5.97 Å². The van der Waals surface area contributed by atoms with Crippen molar-refractivity contribution in [3.63, 3.8) is 0 Å². The van der Waals surface area contributed by atoms with Gasteiger partial charge in [-0.1, -0.05) is 19.3 Å². The van der Waals surface area contributed by atoms with E-state index in [1.165, 1.54) is 19.3 Å². The average molecular weight is 354 g/mol. The lowest BCUT2D eigenvalue weighted by Crippen LogP contribution is -2.43. The number of rotatable bonds is 6. The smallest absolute Gasteiger partial charge is 0.338 e. The zero-order valence-corrected chi connectivity index (χ0v) is 15.3. The minimum atomic E-state index is -0.461. The molecule has 5 nitrogen and oxygen atoms in total. The maximum Gasteiger partial charge on any atom is 0.338 e. The van der Waals surface area contributed by atoms with Crippen molar-refractivity contribution in [3.05, 3.63) is 54.4 Å². The molecule has 2 aromatic rings. The molecule has 0 radical (unpaired) electrons. The third-order valence-electron chi connectivity index (χ3n) is 5.01. The Morgan fingerprint density at radius 3 is 2.35 bits per heavy atom. The molecule has 0 bridgehead atoms. The average Bonchev–Trinajstić information content (AvgIpc) is 3.22. The van der Waals surface area contributed by atoms with Gasteiger partial charge in [0.15, 0.2) is 6.61 Å². The first-order valence-corrected chi connectivity index (χ1v) is 9.39. The Morgan fingerprint density at radius 2 is 1.73 bits per heavy atom. The third-order valence-corrected chi connectivity index (χ3v) is 5.01. The Hall–Kier alpha value is -2.56. The van der Waals surface area contributed by atoms with Gasteiger partial charge < -0.3 is 14.2 Å². The van der Waals surface area contributed by atoms with E-state index in [2.05, 4.69) is 0 Å². The number of ether oxygens (including phenoxy) is 1. The molecule has 1 aromatic heterocycles. The maximum atomic E-state index is 12.5. The van der Waals surface area contributed by atoms with Gasteiger partial charge in [0.05, 0.1) is 5.56 Å². The Labute approximate surface area is 154 Å². The fraction of sp³-hybridized carbons (Fsp3) is 0.429. The molecule has 1 saturated carbocycles. The van der Waals surface area contributed by atoms with Crippen LogP contribution in [0.5, 0.6) is 0 Å². The van der Waals surface area contributed by atoms with Gasteiger partial charge in [-0.05, 0) is 56.2 Å². The molecular formula is C21H26N2O3. The summed E-state index contributed by atoms with van der Waals surface area (Å²) in [7, 11) is 0. The van der Waals surface area contributed by atoms with E-state index in [1.54, 1.807) is 12.1 Å². The zero-order chi connectivity index (χ0) is 18.4. The molecule has 138 valence electrons. The fourth-order valence-corrected chi connectivity index (χ4v) is 3.60. The van der Waals surface area contributed by atoms with Crippen LogP contribution in [0, 0.1) is 0 Å².